The molecule has 2 rings (SSSR count). The van der Waals surface area contributed by atoms with Crippen LogP contribution in [-0.2, 0) is 11.3 Å². The average molecular weight is 295 g/mol. The summed E-state index contributed by atoms with van der Waals surface area (Å²) in [4.78, 5) is 23.1. The molecule has 1 aromatic heterocycles. The molecule has 0 saturated carbocycles. The number of carbonyl (C=O) groups is 1. The molecule has 0 aliphatic rings. The van der Waals surface area contributed by atoms with Gasteiger partial charge < -0.3 is 10.3 Å². The zero-order valence-corrected chi connectivity index (χ0v) is 10.8. The van der Waals surface area contributed by atoms with Gasteiger partial charge in [0, 0.05) is 15.6 Å². The predicted molar refractivity (Wildman–Crippen MR) is 69.8 cm³/mol. The van der Waals surface area contributed by atoms with Gasteiger partial charge in [-0.05, 0) is 36.6 Å². The maximum atomic E-state index is 12.1. The smallest absolute Gasteiger partial charge is 0.259 e. The Morgan fingerprint density at radius 2 is 2.12 bits per heavy atom. The topological polar surface area (TPSA) is 65.1 Å². The van der Waals surface area contributed by atoms with Crippen LogP contribution in [0, 0.1) is 6.92 Å². The highest BCUT2D eigenvalue weighted by Crippen LogP contribution is 2.18. The van der Waals surface area contributed by atoms with E-state index >= 15 is 0 Å². The second-order valence-electron chi connectivity index (χ2n) is 3.87. The molecule has 0 radical (unpaired) electrons. The van der Waals surface area contributed by atoms with Crippen molar-refractivity contribution in [2.24, 2.45) is 5.73 Å². The minimum absolute atomic E-state index is 0.0866. The van der Waals surface area contributed by atoms with E-state index in [2.05, 4.69) is 15.9 Å². The third kappa shape index (κ3) is 2.24. The van der Waals surface area contributed by atoms with Gasteiger partial charge >= 0.3 is 0 Å². The second-order valence-corrected chi connectivity index (χ2v) is 4.79. The zero-order chi connectivity index (χ0) is 12.6. The number of pyridine rings is 1. The van der Waals surface area contributed by atoms with Crippen molar-refractivity contribution in [3.05, 3.63) is 44.8 Å². The maximum Gasteiger partial charge on any atom is 0.259 e. The van der Waals surface area contributed by atoms with E-state index in [1.165, 1.54) is 4.57 Å². The lowest BCUT2D eigenvalue weighted by atomic mass is 10.1. The predicted octanol–water partition coefficient (Wildman–Crippen LogP) is 1.56. The Hall–Kier alpha value is -1.62. The van der Waals surface area contributed by atoms with Crippen LogP contribution in [0.3, 0.4) is 0 Å². The molecule has 1 amide bonds. The third-order valence-corrected chi connectivity index (χ3v) is 3.09. The van der Waals surface area contributed by atoms with Crippen LogP contribution in [0.2, 0.25) is 0 Å². The van der Waals surface area contributed by atoms with Crippen LogP contribution < -0.4 is 11.3 Å². The molecule has 5 heteroatoms. The fourth-order valence-electron chi connectivity index (χ4n) is 1.81. The van der Waals surface area contributed by atoms with Crippen molar-refractivity contribution >= 4 is 32.6 Å². The summed E-state index contributed by atoms with van der Waals surface area (Å²) in [6.45, 7) is 1.70. The summed E-state index contributed by atoms with van der Waals surface area (Å²) in [7, 11) is 0. The van der Waals surface area contributed by atoms with Gasteiger partial charge in [-0.1, -0.05) is 15.9 Å². The minimum atomic E-state index is -0.522. The van der Waals surface area contributed by atoms with Gasteiger partial charge in [0.2, 0.25) is 5.91 Å². The van der Waals surface area contributed by atoms with Gasteiger partial charge in [0.25, 0.3) is 5.56 Å². The highest BCUT2D eigenvalue weighted by atomic mass is 79.9. The van der Waals surface area contributed by atoms with E-state index in [4.69, 9.17) is 5.73 Å². The van der Waals surface area contributed by atoms with Crippen molar-refractivity contribution in [1.82, 2.24) is 4.57 Å². The first kappa shape index (κ1) is 11.9. The summed E-state index contributed by atoms with van der Waals surface area (Å²) in [6.07, 6.45) is 0. The summed E-state index contributed by atoms with van der Waals surface area (Å²) in [6, 6.07) is 7.27. The SMILES string of the molecule is Cc1cc2cc(Br)ccc2c(=O)n1CC(N)=O. The molecule has 1 heterocycles. The van der Waals surface area contributed by atoms with Gasteiger partial charge in [-0.2, -0.15) is 0 Å². The lowest BCUT2D eigenvalue weighted by Crippen LogP contribution is -2.29. The molecule has 1 aromatic carbocycles. The Morgan fingerprint density at radius 3 is 2.76 bits per heavy atom. The number of aryl methyl sites for hydroxylation is 1. The Labute approximate surface area is 106 Å². The number of rotatable bonds is 2. The molecule has 0 atom stereocenters. The zero-order valence-electron chi connectivity index (χ0n) is 9.24. The van der Waals surface area contributed by atoms with Crippen LogP contribution in [0.25, 0.3) is 10.8 Å². The van der Waals surface area contributed by atoms with Gasteiger partial charge in [-0.15, -0.1) is 0 Å². The summed E-state index contributed by atoms with van der Waals surface area (Å²) < 4.78 is 2.30. The number of hydrogen-bond acceptors (Lipinski definition) is 2. The second kappa shape index (κ2) is 4.33. The first-order valence-electron chi connectivity index (χ1n) is 5.07. The molecule has 0 unspecified atom stereocenters. The Bertz CT molecular complexity index is 661. The van der Waals surface area contributed by atoms with Crippen molar-refractivity contribution in [2.45, 2.75) is 13.5 Å². The molecule has 17 heavy (non-hydrogen) atoms. The molecule has 0 spiro atoms. The number of benzene rings is 1. The minimum Gasteiger partial charge on any atom is -0.368 e. The largest absolute Gasteiger partial charge is 0.368 e. The third-order valence-electron chi connectivity index (χ3n) is 2.59. The quantitative estimate of drug-likeness (QED) is 0.913. The van der Waals surface area contributed by atoms with Gasteiger partial charge in [0.1, 0.15) is 6.54 Å². The average Bonchev–Trinajstić information content (AvgIpc) is 2.23. The van der Waals surface area contributed by atoms with Crippen molar-refractivity contribution in [1.29, 1.82) is 0 Å². The monoisotopic (exact) mass is 294 g/mol. The lowest BCUT2D eigenvalue weighted by molar-refractivity contribution is -0.118. The number of fused-ring (bicyclic) bond motifs is 1. The van der Waals surface area contributed by atoms with Crippen LogP contribution >= 0.6 is 15.9 Å². The molecule has 2 aromatic rings. The Balaban J connectivity index is 2.76. The molecular formula is C12H11BrN2O2. The van der Waals surface area contributed by atoms with E-state index in [0.29, 0.717) is 5.39 Å². The van der Waals surface area contributed by atoms with E-state index in [0.717, 1.165) is 15.6 Å². The molecule has 0 bridgehead atoms. The fourth-order valence-corrected chi connectivity index (χ4v) is 2.19. The summed E-state index contributed by atoms with van der Waals surface area (Å²) in [5, 5.41) is 1.43. The molecular weight excluding hydrogens is 284 g/mol. The van der Waals surface area contributed by atoms with Crippen molar-refractivity contribution in [2.75, 3.05) is 0 Å². The number of nitrogens with two attached hydrogens (primary N) is 1. The first-order chi connectivity index (χ1) is 7.99. The van der Waals surface area contributed by atoms with Crippen LogP contribution in [0.5, 0.6) is 0 Å². The van der Waals surface area contributed by atoms with E-state index < -0.39 is 5.91 Å². The summed E-state index contributed by atoms with van der Waals surface area (Å²) in [5.41, 5.74) is 5.66. The van der Waals surface area contributed by atoms with Crippen molar-refractivity contribution in [3.8, 4) is 0 Å². The van der Waals surface area contributed by atoms with Gasteiger partial charge in [-0.3, -0.25) is 9.59 Å². The van der Waals surface area contributed by atoms with Crippen LogP contribution in [0.1, 0.15) is 5.69 Å². The number of nitrogens with zero attached hydrogens (tertiary/aromatic N) is 1. The van der Waals surface area contributed by atoms with E-state index in [1.807, 2.05) is 12.1 Å². The van der Waals surface area contributed by atoms with Crippen LogP contribution in [0.4, 0.5) is 0 Å². The van der Waals surface area contributed by atoms with E-state index in [9.17, 15) is 9.59 Å². The Kier molecular flexibility index (Phi) is 3.02. The maximum absolute atomic E-state index is 12.1. The van der Waals surface area contributed by atoms with Gasteiger partial charge in [0.05, 0.1) is 0 Å². The number of carbonyl (C=O) groups excluding carboxylic acids is 1. The van der Waals surface area contributed by atoms with E-state index in [1.54, 1.807) is 19.1 Å². The normalized spacial score (nSPS) is 10.7. The summed E-state index contributed by atoms with van der Waals surface area (Å²) in [5.74, 6) is -0.522. The molecule has 88 valence electrons. The van der Waals surface area contributed by atoms with Gasteiger partial charge in [0.15, 0.2) is 0 Å². The molecule has 0 saturated heterocycles. The first-order valence-corrected chi connectivity index (χ1v) is 5.86. The number of amides is 1. The summed E-state index contributed by atoms with van der Waals surface area (Å²) >= 11 is 3.36. The number of halogens is 1. The Morgan fingerprint density at radius 1 is 1.41 bits per heavy atom. The van der Waals surface area contributed by atoms with Crippen molar-refractivity contribution in [3.63, 3.8) is 0 Å². The lowest BCUT2D eigenvalue weighted by Gasteiger charge is -2.09. The van der Waals surface area contributed by atoms with Crippen LogP contribution in [0.15, 0.2) is 33.5 Å². The molecule has 0 aliphatic carbocycles. The van der Waals surface area contributed by atoms with E-state index in [-0.39, 0.29) is 12.1 Å². The fraction of sp³-hybridized carbons (Fsp3) is 0.167. The number of aromatic nitrogens is 1. The highest BCUT2D eigenvalue weighted by molar-refractivity contribution is 9.10. The van der Waals surface area contributed by atoms with Crippen LogP contribution in [-0.4, -0.2) is 10.5 Å². The van der Waals surface area contributed by atoms with Gasteiger partial charge in [-0.25, -0.2) is 0 Å². The molecule has 2 N–H and O–H groups in total. The molecule has 4 nitrogen and oxygen atoms in total. The standard InChI is InChI=1S/C12H11BrN2O2/c1-7-4-8-5-9(13)2-3-10(8)12(17)15(7)6-11(14)16/h2-5H,6H2,1H3,(H2,14,16). The van der Waals surface area contributed by atoms with Crippen molar-refractivity contribution < 1.29 is 4.79 Å². The number of primary amides is 1. The molecule has 0 aliphatic heterocycles. The highest BCUT2D eigenvalue weighted by Gasteiger charge is 2.08. The molecule has 0 fully saturated rings. The number of hydrogen-bond donors (Lipinski definition) is 1.